The highest BCUT2D eigenvalue weighted by Gasteiger charge is 2.11. The molecule has 0 N–H and O–H groups in total. The van der Waals surface area contributed by atoms with Gasteiger partial charge in [0.15, 0.2) is 0 Å². The molecule has 2 rings (SSSR count). The highest BCUT2D eigenvalue weighted by molar-refractivity contribution is 6.32. The van der Waals surface area contributed by atoms with Crippen LogP contribution in [0.25, 0.3) is 0 Å². The zero-order valence-corrected chi connectivity index (χ0v) is 13.9. The van der Waals surface area contributed by atoms with Crippen molar-refractivity contribution in [2.45, 2.75) is 26.4 Å². The number of benzene rings is 1. The first-order valence-electron chi connectivity index (χ1n) is 7.14. The van der Waals surface area contributed by atoms with Gasteiger partial charge in [-0.3, -0.25) is 4.90 Å². The molecule has 1 aromatic heterocycles. The fraction of sp³-hybridized carbons (Fsp3) is 0.294. The van der Waals surface area contributed by atoms with Crippen molar-refractivity contribution in [3.8, 4) is 6.07 Å². The van der Waals surface area contributed by atoms with Gasteiger partial charge in [-0.05, 0) is 42.8 Å². The Morgan fingerprint density at radius 3 is 2.45 bits per heavy atom. The topological polar surface area (TPSA) is 39.9 Å². The Labute approximate surface area is 141 Å². The van der Waals surface area contributed by atoms with Gasteiger partial charge in [0.25, 0.3) is 0 Å². The van der Waals surface area contributed by atoms with Gasteiger partial charge in [-0.2, -0.15) is 5.26 Å². The van der Waals surface area contributed by atoms with E-state index in [1.54, 1.807) is 12.1 Å². The summed E-state index contributed by atoms with van der Waals surface area (Å²) < 4.78 is 0. The molecule has 0 amide bonds. The Morgan fingerprint density at radius 1 is 1.09 bits per heavy atom. The molecule has 0 fully saturated rings. The van der Waals surface area contributed by atoms with Crippen LogP contribution in [-0.2, 0) is 13.1 Å². The summed E-state index contributed by atoms with van der Waals surface area (Å²) >= 11 is 12.2. The van der Waals surface area contributed by atoms with E-state index >= 15 is 0 Å². The maximum atomic E-state index is 8.85. The minimum Gasteiger partial charge on any atom is -0.293 e. The van der Waals surface area contributed by atoms with Gasteiger partial charge < -0.3 is 0 Å². The van der Waals surface area contributed by atoms with Crippen molar-refractivity contribution < 1.29 is 0 Å². The molecule has 0 aliphatic rings. The van der Waals surface area contributed by atoms with E-state index in [0.717, 1.165) is 30.8 Å². The monoisotopic (exact) mass is 333 g/mol. The zero-order valence-electron chi connectivity index (χ0n) is 12.4. The molecule has 0 spiro atoms. The summed E-state index contributed by atoms with van der Waals surface area (Å²) in [4.78, 5) is 6.58. The molecular formula is C17H17Cl2N3. The van der Waals surface area contributed by atoms with Crippen LogP contribution in [0.2, 0.25) is 10.2 Å². The Morgan fingerprint density at radius 2 is 1.82 bits per heavy atom. The fourth-order valence-corrected chi connectivity index (χ4v) is 2.58. The predicted octanol–water partition coefficient (Wildman–Crippen LogP) is 4.67. The molecule has 0 atom stereocenters. The normalized spacial score (nSPS) is 10.7. The first-order valence-corrected chi connectivity index (χ1v) is 7.90. The van der Waals surface area contributed by atoms with E-state index in [9.17, 15) is 0 Å². The SMILES string of the molecule is CCCN(Cc1ccc(C#N)cc1)Cc1nc(Cl)ccc1Cl. The number of aromatic nitrogens is 1. The fourth-order valence-electron chi connectivity index (χ4n) is 2.25. The summed E-state index contributed by atoms with van der Waals surface area (Å²) in [6.45, 7) is 4.50. The van der Waals surface area contributed by atoms with E-state index in [0.29, 0.717) is 22.3 Å². The van der Waals surface area contributed by atoms with E-state index < -0.39 is 0 Å². The van der Waals surface area contributed by atoms with Crippen LogP contribution < -0.4 is 0 Å². The molecule has 0 aliphatic heterocycles. The number of hydrogen-bond donors (Lipinski definition) is 0. The lowest BCUT2D eigenvalue weighted by atomic mass is 10.1. The van der Waals surface area contributed by atoms with E-state index in [4.69, 9.17) is 28.5 Å². The molecule has 1 aromatic carbocycles. The van der Waals surface area contributed by atoms with Crippen molar-refractivity contribution in [1.29, 1.82) is 5.26 Å². The number of hydrogen-bond acceptors (Lipinski definition) is 3. The molecule has 0 unspecified atom stereocenters. The van der Waals surface area contributed by atoms with Gasteiger partial charge in [-0.25, -0.2) is 4.98 Å². The molecule has 1 heterocycles. The highest BCUT2D eigenvalue weighted by Crippen LogP contribution is 2.19. The third-order valence-corrected chi connectivity index (χ3v) is 3.84. The summed E-state index contributed by atoms with van der Waals surface area (Å²) in [6, 6.07) is 13.2. The summed E-state index contributed by atoms with van der Waals surface area (Å²) in [6.07, 6.45) is 1.04. The second-order valence-electron chi connectivity index (χ2n) is 5.08. The lowest BCUT2D eigenvalue weighted by molar-refractivity contribution is 0.254. The van der Waals surface area contributed by atoms with Crippen LogP contribution in [0.3, 0.4) is 0 Å². The molecule has 3 nitrogen and oxygen atoms in total. The third kappa shape index (κ3) is 4.71. The van der Waals surface area contributed by atoms with Crippen LogP contribution in [0.5, 0.6) is 0 Å². The Bertz CT molecular complexity index is 663. The van der Waals surface area contributed by atoms with Crippen molar-refractivity contribution in [2.24, 2.45) is 0 Å². The average molecular weight is 334 g/mol. The number of nitriles is 1. The van der Waals surface area contributed by atoms with E-state index in [-0.39, 0.29) is 0 Å². The van der Waals surface area contributed by atoms with Crippen molar-refractivity contribution >= 4 is 23.2 Å². The summed E-state index contributed by atoms with van der Waals surface area (Å²) in [5, 5.41) is 9.93. The lowest BCUT2D eigenvalue weighted by Crippen LogP contribution is -2.24. The Balaban J connectivity index is 2.12. The number of nitrogens with zero attached hydrogens (tertiary/aromatic N) is 3. The van der Waals surface area contributed by atoms with Crippen LogP contribution in [0.15, 0.2) is 36.4 Å². The van der Waals surface area contributed by atoms with E-state index in [1.165, 1.54) is 0 Å². The lowest BCUT2D eigenvalue weighted by Gasteiger charge is -2.22. The van der Waals surface area contributed by atoms with Crippen molar-refractivity contribution in [3.63, 3.8) is 0 Å². The molecular weight excluding hydrogens is 317 g/mol. The summed E-state index contributed by atoms with van der Waals surface area (Å²) in [5.41, 5.74) is 2.62. The first-order chi connectivity index (χ1) is 10.6. The summed E-state index contributed by atoms with van der Waals surface area (Å²) in [5.74, 6) is 0. The average Bonchev–Trinajstić information content (AvgIpc) is 2.52. The zero-order chi connectivity index (χ0) is 15.9. The molecule has 0 aliphatic carbocycles. The molecule has 114 valence electrons. The highest BCUT2D eigenvalue weighted by atomic mass is 35.5. The van der Waals surface area contributed by atoms with Gasteiger partial charge in [0.1, 0.15) is 5.15 Å². The van der Waals surface area contributed by atoms with Gasteiger partial charge in [-0.15, -0.1) is 0 Å². The molecule has 5 heteroatoms. The Kier molecular flexibility index (Phi) is 6.21. The number of rotatable bonds is 6. The van der Waals surface area contributed by atoms with Gasteiger partial charge in [0.05, 0.1) is 22.3 Å². The van der Waals surface area contributed by atoms with Gasteiger partial charge in [-0.1, -0.05) is 42.3 Å². The van der Waals surface area contributed by atoms with Crippen molar-refractivity contribution in [3.05, 3.63) is 63.4 Å². The first kappa shape index (κ1) is 16.8. The molecule has 0 radical (unpaired) electrons. The van der Waals surface area contributed by atoms with Gasteiger partial charge in [0, 0.05) is 13.1 Å². The molecule has 0 bridgehead atoms. The maximum absolute atomic E-state index is 8.85. The van der Waals surface area contributed by atoms with E-state index in [1.807, 2.05) is 24.3 Å². The minimum atomic E-state index is 0.453. The molecule has 0 saturated carbocycles. The number of pyridine rings is 1. The minimum absolute atomic E-state index is 0.453. The van der Waals surface area contributed by atoms with E-state index in [2.05, 4.69) is 22.9 Å². The van der Waals surface area contributed by atoms with Crippen molar-refractivity contribution in [2.75, 3.05) is 6.54 Å². The third-order valence-electron chi connectivity index (χ3n) is 3.29. The van der Waals surface area contributed by atoms with Crippen LogP contribution >= 0.6 is 23.2 Å². The molecule has 22 heavy (non-hydrogen) atoms. The van der Waals surface area contributed by atoms with Crippen LogP contribution in [0.4, 0.5) is 0 Å². The maximum Gasteiger partial charge on any atom is 0.129 e. The predicted molar refractivity (Wildman–Crippen MR) is 89.8 cm³/mol. The number of halogens is 2. The van der Waals surface area contributed by atoms with Gasteiger partial charge in [0.2, 0.25) is 0 Å². The standard InChI is InChI=1S/C17H17Cl2N3/c1-2-9-22(11-14-5-3-13(10-20)4-6-14)12-16-15(18)7-8-17(19)21-16/h3-8H,2,9,11-12H2,1H3. The van der Waals surface area contributed by atoms with Crippen LogP contribution in [-0.4, -0.2) is 16.4 Å². The second kappa shape index (κ2) is 8.14. The van der Waals surface area contributed by atoms with Gasteiger partial charge >= 0.3 is 0 Å². The van der Waals surface area contributed by atoms with Crippen LogP contribution in [0.1, 0.15) is 30.2 Å². The molecule has 0 saturated heterocycles. The quantitative estimate of drug-likeness (QED) is 0.721. The smallest absolute Gasteiger partial charge is 0.129 e. The summed E-state index contributed by atoms with van der Waals surface area (Å²) in [7, 11) is 0. The second-order valence-corrected chi connectivity index (χ2v) is 5.88. The van der Waals surface area contributed by atoms with Crippen LogP contribution in [0, 0.1) is 11.3 Å². The molecule has 2 aromatic rings. The van der Waals surface area contributed by atoms with Crippen molar-refractivity contribution in [1.82, 2.24) is 9.88 Å². The Hall–Kier alpha value is -1.60. The largest absolute Gasteiger partial charge is 0.293 e.